The third kappa shape index (κ3) is 3.57. The first-order valence-corrected chi connectivity index (χ1v) is 8.79. The zero-order valence-electron chi connectivity index (χ0n) is 12.7. The molecule has 134 valence electrons. The molecule has 0 aliphatic carbocycles. The molecular formula is C16H14F3NO4S. The van der Waals surface area contributed by atoms with Crippen molar-refractivity contribution < 1.29 is 31.4 Å². The topological polar surface area (TPSA) is 75.6 Å². The highest BCUT2D eigenvalue weighted by molar-refractivity contribution is 7.92. The molecule has 0 radical (unpaired) electrons. The number of fused-ring (bicyclic) bond motifs is 1. The van der Waals surface area contributed by atoms with Crippen molar-refractivity contribution in [3.05, 3.63) is 53.6 Å². The normalized spacial score (nSPS) is 15.4. The van der Waals surface area contributed by atoms with Gasteiger partial charge in [0.25, 0.3) is 10.0 Å². The zero-order valence-corrected chi connectivity index (χ0v) is 13.6. The van der Waals surface area contributed by atoms with E-state index < -0.39 is 27.9 Å². The lowest BCUT2D eigenvalue weighted by Gasteiger charge is -2.19. The third-order valence-corrected chi connectivity index (χ3v) is 5.14. The van der Waals surface area contributed by atoms with E-state index in [4.69, 9.17) is 4.74 Å². The van der Waals surface area contributed by atoms with Crippen LogP contribution < -0.4 is 9.46 Å². The van der Waals surface area contributed by atoms with Crippen molar-refractivity contribution in [3.63, 3.8) is 0 Å². The molecule has 9 heteroatoms. The van der Waals surface area contributed by atoms with Gasteiger partial charge in [0.2, 0.25) is 0 Å². The number of aliphatic hydroxyl groups is 1. The molecule has 1 heterocycles. The number of halogens is 3. The van der Waals surface area contributed by atoms with Crippen LogP contribution in [0.15, 0.2) is 47.4 Å². The molecule has 5 nitrogen and oxygen atoms in total. The Morgan fingerprint density at radius 2 is 1.88 bits per heavy atom. The second kappa shape index (κ2) is 6.23. The Morgan fingerprint density at radius 3 is 2.60 bits per heavy atom. The highest BCUT2D eigenvalue weighted by Gasteiger charge is 2.40. The lowest BCUT2D eigenvalue weighted by atomic mass is 10.1. The van der Waals surface area contributed by atoms with Gasteiger partial charge in [-0.15, -0.1) is 0 Å². The Bertz CT molecular complexity index is 896. The second-order valence-corrected chi connectivity index (χ2v) is 7.19. The smallest absolute Gasteiger partial charge is 0.418 e. The first-order valence-electron chi connectivity index (χ1n) is 7.31. The van der Waals surface area contributed by atoms with E-state index in [2.05, 4.69) is 4.72 Å². The van der Waals surface area contributed by atoms with Crippen LogP contribution in [0.1, 0.15) is 17.2 Å². The van der Waals surface area contributed by atoms with Gasteiger partial charge in [0.05, 0.1) is 17.2 Å². The van der Waals surface area contributed by atoms with Gasteiger partial charge in [-0.05, 0) is 29.8 Å². The van der Waals surface area contributed by atoms with Crippen LogP contribution in [0.5, 0.6) is 5.75 Å². The number of alkyl halides is 3. The summed E-state index contributed by atoms with van der Waals surface area (Å²) in [5.74, 6) is 0.590. The van der Waals surface area contributed by atoms with Gasteiger partial charge in [-0.25, -0.2) is 8.42 Å². The maximum atomic E-state index is 12.8. The van der Waals surface area contributed by atoms with Gasteiger partial charge in [0.1, 0.15) is 5.75 Å². The summed E-state index contributed by atoms with van der Waals surface area (Å²) >= 11 is 0. The zero-order chi connectivity index (χ0) is 18.2. The summed E-state index contributed by atoms with van der Waals surface area (Å²) in [4.78, 5) is -0.0898. The summed E-state index contributed by atoms with van der Waals surface area (Å²) in [5, 5.41) is 9.46. The van der Waals surface area contributed by atoms with E-state index >= 15 is 0 Å². The van der Waals surface area contributed by atoms with Crippen molar-refractivity contribution >= 4 is 15.7 Å². The Kier molecular flexibility index (Phi) is 4.38. The number of ether oxygens (including phenoxy) is 1. The minimum Gasteiger partial charge on any atom is -0.493 e. The van der Waals surface area contributed by atoms with Crippen LogP contribution in [0.4, 0.5) is 18.9 Å². The highest BCUT2D eigenvalue weighted by atomic mass is 32.2. The van der Waals surface area contributed by atoms with Crippen LogP contribution in [0, 0.1) is 0 Å². The minimum atomic E-state index is -4.91. The van der Waals surface area contributed by atoms with E-state index in [1.165, 1.54) is 36.4 Å². The minimum absolute atomic E-state index is 0.0898. The van der Waals surface area contributed by atoms with Crippen LogP contribution in [-0.2, 0) is 16.4 Å². The molecule has 1 aliphatic heterocycles. The van der Waals surface area contributed by atoms with Crippen molar-refractivity contribution in [2.75, 3.05) is 11.3 Å². The number of para-hydroxylation sites is 1. The molecule has 1 atom stereocenters. The number of benzene rings is 2. The predicted octanol–water partition coefficient (Wildman–Crippen LogP) is 3.02. The van der Waals surface area contributed by atoms with E-state index in [1.807, 2.05) is 0 Å². The Hall–Kier alpha value is -2.26. The number of sulfonamides is 1. The molecule has 3 rings (SSSR count). The molecule has 25 heavy (non-hydrogen) atoms. The van der Waals surface area contributed by atoms with E-state index in [0.717, 1.165) is 6.07 Å². The molecule has 0 fully saturated rings. The summed E-state index contributed by atoms with van der Waals surface area (Å²) < 4.78 is 70.8. The molecular weight excluding hydrogens is 359 g/mol. The molecule has 0 unspecified atom stereocenters. The fourth-order valence-corrected chi connectivity index (χ4v) is 3.68. The van der Waals surface area contributed by atoms with Crippen molar-refractivity contribution in [1.29, 1.82) is 0 Å². The summed E-state index contributed by atoms with van der Waals surface area (Å²) in [6.07, 6.45) is -7.14. The molecule has 2 N–H and O–H groups in total. The maximum absolute atomic E-state index is 12.8. The van der Waals surface area contributed by atoms with Gasteiger partial charge in [0.15, 0.2) is 6.10 Å². The molecule has 0 saturated heterocycles. The van der Waals surface area contributed by atoms with Gasteiger partial charge in [0, 0.05) is 12.0 Å². The first kappa shape index (κ1) is 17.6. The lowest BCUT2D eigenvalue weighted by molar-refractivity contribution is -0.206. The number of rotatable bonds is 4. The van der Waals surface area contributed by atoms with E-state index in [-0.39, 0.29) is 10.6 Å². The number of aliphatic hydroxyl groups excluding tert-OH is 1. The van der Waals surface area contributed by atoms with Crippen LogP contribution in [0.25, 0.3) is 0 Å². The number of anilines is 1. The Labute approximate surface area is 142 Å². The van der Waals surface area contributed by atoms with E-state index in [0.29, 0.717) is 24.3 Å². The Balaban J connectivity index is 1.94. The van der Waals surface area contributed by atoms with E-state index in [1.54, 1.807) is 0 Å². The first-order chi connectivity index (χ1) is 11.7. The number of hydrogen-bond acceptors (Lipinski definition) is 4. The standard InChI is InChI=1S/C16H14F3NO4S/c17-16(18,19)15(21)12-3-1-2-4-13(12)20-25(22,23)11-5-6-14-10(9-11)7-8-24-14/h1-6,9,15,20-21H,7-8H2/t15-/m1/s1. The largest absolute Gasteiger partial charge is 0.493 e. The lowest BCUT2D eigenvalue weighted by Crippen LogP contribution is -2.22. The second-order valence-electron chi connectivity index (χ2n) is 5.50. The van der Waals surface area contributed by atoms with Gasteiger partial charge >= 0.3 is 6.18 Å². The van der Waals surface area contributed by atoms with Crippen LogP contribution in [0.3, 0.4) is 0 Å². The summed E-state index contributed by atoms with van der Waals surface area (Å²) in [6, 6.07) is 9.09. The number of hydrogen-bond donors (Lipinski definition) is 2. The number of nitrogens with one attached hydrogen (secondary N) is 1. The molecule has 0 bridgehead atoms. The molecule has 2 aromatic rings. The predicted molar refractivity (Wildman–Crippen MR) is 83.9 cm³/mol. The summed E-state index contributed by atoms with van der Waals surface area (Å²) in [7, 11) is -4.12. The monoisotopic (exact) mass is 373 g/mol. The van der Waals surface area contributed by atoms with E-state index in [9.17, 15) is 26.7 Å². The Morgan fingerprint density at radius 1 is 1.16 bits per heavy atom. The van der Waals surface area contributed by atoms with Crippen LogP contribution in [-0.4, -0.2) is 26.3 Å². The van der Waals surface area contributed by atoms with Crippen molar-refractivity contribution in [1.82, 2.24) is 0 Å². The van der Waals surface area contributed by atoms with Crippen molar-refractivity contribution in [2.24, 2.45) is 0 Å². The summed E-state index contributed by atoms with van der Waals surface area (Å²) in [5.41, 5.74) is -0.182. The maximum Gasteiger partial charge on any atom is 0.418 e. The van der Waals surface area contributed by atoms with Crippen molar-refractivity contribution in [2.45, 2.75) is 23.6 Å². The molecule has 0 amide bonds. The quantitative estimate of drug-likeness (QED) is 0.864. The van der Waals surface area contributed by atoms with Gasteiger partial charge < -0.3 is 9.84 Å². The third-order valence-electron chi connectivity index (χ3n) is 3.78. The van der Waals surface area contributed by atoms with Crippen molar-refractivity contribution in [3.8, 4) is 5.75 Å². The van der Waals surface area contributed by atoms with Gasteiger partial charge in [-0.1, -0.05) is 18.2 Å². The molecule has 0 saturated carbocycles. The average Bonchev–Trinajstić information content (AvgIpc) is 3.01. The summed E-state index contributed by atoms with van der Waals surface area (Å²) in [6.45, 7) is 0.451. The van der Waals surface area contributed by atoms with Crippen LogP contribution in [0.2, 0.25) is 0 Å². The fourth-order valence-electron chi connectivity index (χ4n) is 2.54. The highest BCUT2D eigenvalue weighted by Crippen LogP contribution is 2.37. The fraction of sp³-hybridized carbons (Fsp3) is 0.250. The molecule has 0 aromatic heterocycles. The molecule has 2 aromatic carbocycles. The molecule has 1 aliphatic rings. The SMILES string of the molecule is O=S(=O)(Nc1ccccc1[C@@H](O)C(F)(F)F)c1ccc2c(c1)CCO2. The van der Waals surface area contributed by atoms with Crippen LogP contribution >= 0.6 is 0 Å². The average molecular weight is 373 g/mol. The van der Waals surface area contributed by atoms with Gasteiger partial charge in [-0.2, -0.15) is 13.2 Å². The molecule has 0 spiro atoms. The van der Waals surface area contributed by atoms with Gasteiger partial charge in [-0.3, -0.25) is 4.72 Å².